The maximum absolute atomic E-state index is 15.2. The van der Waals surface area contributed by atoms with Crippen LogP contribution in [0.3, 0.4) is 0 Å². The average molecular weight is 889 g/mol. The van der Waals surface area contributed by atoms with Gasteiger partial charge in [0.2, 0.25) is 11.8 Å². The summed E-state index contributed by atoms with van der Waals surface area (Å²) in [6.45, 7) is 5.94. The monoisotopic (exact) mass is 888 g/mol. The van der Waals surface area contributed by atoms with Crippen molar-refractivity contribution in [3.8, 4) is 23.0 Å². The van der Waals surface area contributed by atoms with Crippen LogP contribution in [0.5, 0.6) is 23.0 Å². The van der Waals surface area contributed by atoms with E-state index < -0.39 is 82.8 Å². The molecule has 12 nitrogen and oxygen atoms in total. The van der Waals surface area contributed by atoms with Crippen molar-refractivity contribution < 1.29 is 74.0 Å². The zero-order chi connectivity index (χ0) is 46.3. The summed E-state index contributed by atoms with van der Waals surface area (Å²) in [4.78, 5) is 58.0. The van der Waals surface area contributed by atoms with Crippen molar-refractivity contribution in [2.45, 2.75) is 58.7 Å². The smallest absolute Gasteiger partial charge is 0.505 e. The van der Waals surface area contributed by atoms with Gasteiger partial charge in [0.25, 0.3) is 11.8 Å². The molecule has 0 bridgehead atoms. The highest BCUT2D eigenvalue weighted by Crippen LogP contribution is 2.46. The molecular weight excluding hydrogens is 852 g/mol. The summed E-state index contributed by atoms with van der Waals surface area (Å²) < 4.78 is 118. The Hall–Kier alpha value is -7.12. The summed E-state index contributed by atoms with van der Waals surface area (Å²) in [5.74, 6) is -12.8. The molecule has 0 spiro atoms. The maximum Gasteiger partial charge on any atom is 0.573 e. The third-order valence-electron chi connectivity index (χ3n) is 10.1. The van der Waals surface area contributed by atoms with Crippen molar-refractivity contribution >= 4 is 45.4 Å². The van der Waals surface area contributed by atoms with Gasteiger partial charge in [-0.1, -0.05) is 6.92 Å². The fraction of sp³-hybridized carbons (Fsp3) is 0.256. The van der Waals surface area contributed by atoms with E-state index in [2.05, 4.69) is 20.1 Å². The Kier molecular flexibility index (Phi) is 12.5. The summed E-state index contributed by atoms with van der Waals surface area (Å²) in [5.41, 5.74) is -1.42. The van der Waals surface area contributed by atoms with Gasteiger partial charge in [0, 0.05) is 58.5 Å². The molecule has 0 aliphatic carbocycles. The van der Waals surface area contributed by atoms with Crippen molar-refractivity contribution in [2.24, 2.45) is 0 Å². The second kappa shape index (κ2) is 17.3. The summed E-state index contributed by atoms with van der Waals surface area (Å²) in [5, 5.41) is 26.5. The minimum absolute atomic E-state index is 0.0273. The Morgan fingerprint density at radius 1 is 0.619 bits per heavy atom. The average Bonchev–Trinajstić information content (AvgIpc) is 3.62. The number of ether oxygens (including phenoxy) is 2. The van der Waals surface area contributed by atoms with Gasteiger partial charge in [-0.3, -0.25) is 28.3 Å². The summed E-state index contributed by atoms with van der Waals surface area (Å²) in [6, 6.07) is 10.9. The molecule has 0 aliphatic rings. The fourth-order valence-electron chi connectivity index (χ4n) is 7.60. The van der Waals surface area contributed by atoms with E-state index in [-0.39, 0.29) is 68.5 Å². The van der Waals surface area contributed by atoms with Gasteiger partial charge in [-0.15, -0.1) is 26.3 Å². The second-order valence-corrected chi connectivity index (χ2v) is 14.2. The zero-order valence-electron chi connectivity index (χ0n) is 33.5. The summed E-state index contributed by atoms with van der Waals surface area (Å²) in [6.07, 6.45) is -9.73. The zero-order valence-corrected chi connectivity index (χ0v) is 33.5. The molecule has 0 aliphatic heterocycles. The largest absolute Gasteiger partial charge is 0.573 e. The number of benzene rings is 4. The Morgan fingerprint density at radius 3 is 1.32 bits per heavy atom. The van der Waals surface area contributed by atoms with Crippen molar-refractivity contribution in [3.05, 3.63) is 118 Å². The molecule has 6 aromatic rings. The second-order valence-electron chi connectivity index (χ2n) is 14.2. The van der Waals surface area contributed by atoms with E-state index in [4.69, 9.17) is 0 Å². The number of alkyl halides is 6. The van der Waals surface area contributed by atoms with E-state index in [1.165, 1.54) is 13.8 Å². The molecule has 4 N–H and O–H groups in total. The molecule has 4 aromatic carbocycles. The number of nitrogens with zero attached hydrogens (tertiary/aromatic N) is 2. The Morgan fingerprint density at radius 2 is 0.984 bits per heavy atom. The van der Waals surface area contributed by atoms with Gasteiger partial charge in [-0.2, -0.15) is 0 Å². The van der Waals surface area contributed by atoms with Gasteiger partial charge in [0.15, 0.2) is 23.1 Å². The van der Waals surface area contributed by atoms with Crippen molar-refractivity contribution in [2.75, 3.05) is 13.1 Å². The highest BCUT2D eigenvalue weighted by atomic mass is 19.4. The predicted molar refractivity (Wildman–Crippen MR) is 210 cm³/mol. The molecule has 2 aromatic heterocycles. The lowest BCUT2D eigenvalue weighted by molar-refractivity contribution is -0.275. The first-order valence-corrected chi connectivity index (χ1v) is 19.0. The van der Waals surface area contributed by atoms with E-state index >= 15 is 8.78 Å². The molecule has 0 saturated heterocycles. The van der Waals surface area contributed by atoms with Crippen LogP contribution in [0.1, 0.15) is 75.3 Å². The SMILES string of the molecule is CCCNC(=O)C(c1c(C)n(C(=O)c2ccc(OC(F)(F)F)cc2)c2cc(F)c(O)cc12)C(C(=O)NCC)c1c(C)n(C(=O)c2ccc(OC(F)(F)F)cc2)c2cc(F)c(O)cc12. The number of carbonyl (C=O) groups excluding carboxylic acids is 4. The van der Waals surface area contributed by atoms with Crippen LogP contribution in [0.4, 0.5) is 35.1 Å². The lowest BCUT2D eigenvalue weighted by atomic mass is 9.77. The number of likely N-dealkylation sites (N-methyl/N-ethyl adjacent to an activating group) is 1. The van der Waals surface area contributed by atoms with Crippen molar-refractivity contribution in [3.63, 3.8) is 0 Å². The van der Waals surface area contributed by atoms with Crippen LogP contribution in [0, 0.1) is 25.5 Å². The third kappa shape index (κ3) is 9.10. The molecule has 0 saturated carbocycles. The normalized spacial score (nSPS) is 12.9. The molecule has 20 heteroatoms. The van der Waals surface area contributed by atoms with Crippen LogP contribution in [0.2, 0.25) is 0 Å². The topological polar surface area (TPSA) is 161 Å². The lowest BCUT2D eigenvalue weighted by Crippen LogP contribution is -2.40. The van der Waals surface area contributed by atoms with Gasteiger partial charge in [-0.25, -0.2) is 8.78 Å². The molecule has 63 heavy (non-hydrogen) atoms. The fourth-order valence-corrected chi connectivity index (χ4v) is 7.60. The Bertz CT molecular complexity index is 2760. The minimum Gasteiger partial charge on any atom is -0.505 e. The van der Waals surface area contributed by atoms with E-state index in [0.717, 1.165) is 81.9 Å². The van der Waals surface area contributed by atoms with E-state index in [1.54, 1.807) is 13.8 Å². The number of fused-ring (bicyclic) bond motifs is 2. The van der Waals surface area contributed by atoms with Gasteiger partial charge in [0.1, 0.15) is 11.5 Å². The van der Waals surface area contributed by atoms with Crippen molar-refractivity contribution in [1.82, 2.24) is 19.8 Å². The predicted octanol–water partition coefficient (Wildman–Crippen LogP) is 8.61. The highest BCUT2D eigenvalue weighted by molar-refractivity contribution is 6.09. The van der Waals surface area contributed by atoms with Gasteiger partial charge >= 0.3 is 12.7 Å². The third-order valence-corrected chi connectivity index (χ3v) is 10.1. The first kappa shape index (κ1) is 45.4. The Balaban J connectivity index is 1.64. The molecule has 0 fully saturated rings. The van der Waals surface area contributed by atoms with Crippen molar-refractivity contribution in [1.29, 1.82) is 0 Å². The van der Waals surface area contributed by atoms with Gasteiger partial charge in [-0.05, 0) is 99.0 Å². The number of carbonyl (C=O) groups is 4. The lowest BCUT2D eigenvalue weighted by Gasteiger charge is -2.27. The van der Waals surface area contributed by atoms with Crippen LogP contribution in [0.25, 0.3) is 21.8 Å². The minimum atomic E-state index is -5.05. The number of aromatic hydroxyl groups is 2. The number of phenolic OH excluding ortho intramolecular Hbond substituents is 2. The number of amides is 2. The van der Waals surface area contributed by atoms with Gasteiger partial charge in [0.05, 0.1) is 22.9 Å². The van der Waals surface area contributed by atoms with Crippen LogP contribution in [-0.2, 0) is 9.59 Å². The molecular formula is C43H36F8N4O8. The van der Waals surface area contributed by atoms with Crippen LogP contribution >= 0.6 is 0 Å². The molecule has 0 radical (unpaired) electrons. The van der Waals surface area contributed by atoms with E-state index in [1.807, 2.05) is 0 Å². The first-order valence-electron chi connectivity index (χ1n) is 19.0. The number of hydrogen-bond acceptors (Lipinski definition) is 8. The quantitative estimate of drug-likeness (QED) is 0.0889. The summed E-state index contributed by atoms with van der Waals surface area (Å²) >= 11 is 0. The standard InChI is InChI=1S/C43H36F8N4O8/c1-5-15-53-39(59)37(35-21(4)55(31-19-29(45)33(57)17-27(31)35)41(61)23-9-13-25(14-10-23)63-43(49,50)51)36(38(58)52-6-2)34-20(3)54(30-18-28(44)32(56)16-26(30)34)40(60)22-7-11-24(12-8-22)62-42(46,47)48/h7-14,16-19,36-37,56-57H,5-6,15H2,1-4H3,(H,52,58)(H,53,59). The molecule has 2 heterocycles. The van der Waals surface area contributed by atoms with Crippen LogP contribution in [-0.4, -0.2) is 68.8 Å². The first-order chi connectivity index (χ1) is 29.6. The summed E-state index contributed by atoms with van der Waals surface area (Å²) in [7, 11) is 0. The van der Waals surface area contributed by atoms with Crippen LogP contribution in [0.15, 0.2) is 72.8 Å². The molecule has 2 atom stereocenters. The molecule has 2 unspecified atom stereocenters. The number of rotatable bonds is 12. The van der Waals surface area contributed by atoms with Gasteiger partial charge < -0.3 is 30.3 Å². The molecule has 2 amide bonds. The van der Waals surface area contributed by atoms with E-state index in [9.17, 15) is 55.7 Å². The van der Waals surface area contributed by atoms with E-state index in [0.29, 0.717) is 6.42 Å². The number of aromatic nitrogens is 2. The maximum atomic E-state index is 15.2. The number of hydrogen-bond donors (Lipinski definition) is 4. The number of nitrogens with one attached hydrogen (secondary N) is 2. The molecule has 6 rings (SSSR count). The Labute approximate surface area is 351 Å². The number of phenols is 2. The number of halogens is 8. The molecule has 332 valence electrons. The highest BCUT2D eigenvalue weighted by Gasteiger charge is 2.43. The van der Waals surface area contributed by atoms with Crippen LogP contribution < -0.4 is 20.1 Å².